The van der Waals surface area contributed by atoms with Crippen molar-refractivity contribution in [2.24, 2.45) is 0 Å². The minimum Gasteiger partial charge on any atom is -0.291 e. The molecule has 2 aromatic heterocycles. The maximum absolute atomic E-state index is 11.6. The molecule has 0 radical (unpaired) electrons. The predicted octanol–water partition coefficient (Wildman–Crippen LogP) is 1.02. The Balaban J connectivity index is 2.92. The fraction of sp³-hybridized carbons (Fsp3) is 0.167. The van der Waals surface area contributed by atoms with Gasteiger partial charge in [-0.05, 0) is 22.9 Å². The van der Waals surface area contributed by atoms with Crippen LogP contribution in [0.2, 0.25) is 0 Å². The Morgan fingerprint density at radius 2 is 2.36 bits per heavy atom. The first-order valence-corrected chi connectivity index (χ1v) is 5.20. The lowest BCUT2D eigenvalue weighted by molar-refractivity contribution is 0.386. The highest BCUT2D eigenvalue weighted by molar-refractivity contribution is 9.11. The zero-order chi connectivity index (χ0) is 10.3. The van der Waals surface area contributed by atoms with E-state index in [0.717, 1.165) is 4.52 Å². The van der Waals surface area contributed by atoms with Crippen LogP contribution >= 0.6 is 27.3 Å². The first-order chi connectivity index (χ1) is 6.63. The zero-order valence-electron chi connectivity index (χ0n) is 6.98. The van der Waals surface area contributed by atoms with Crippen molar-refractivity contribution in [3.05, 3.63) is 20.0 Å². The largest absolute Gasteiger partial charge is 0.301 e. The molecule has 2 aromatic rings. The second-order valence-corrected chi connectivity index (χ2v) is 4.77. The van der Waals surface area contributed by atoms with E-state index in [4.69, 9.17) is 5.21 Å². The van der Waals surface area contributed by atoms with Crippen LogP contribution in [-0.2, 0) is 0 Å². The van der Waals surface area contributed by atoms with Gasteiger partial charge in [0.25, 0.3) is 0 Å². The molecule has 0 fully saturated rings. The molecule has 0 unspecified atom stereocenters. The van der Waals surface area contributed by atoms with Crippen molar-refractivity contribution in [1.82, 2.24) is 14.6 Å². The molecule has 0 aliphatic rings. The minimum absolute atomic E-state index is 0.0419. The van der Waals surface area contributed by atoms with Crippen molar-refractivity contribution in [1.29, 1.82) is 0 Å². The average molecular weight is 277 g/mol. The summed E-state index contributed by atoms with van der Waals surface area (Å²) in [5.74, 6) is 0. The quantitative estimate of drug-likeness (QED) is 0.761. The van der Waals surface area contributed by atoms with Gasteiger partial charge in [0.1, 0.15) is 5.69 Å². The van der Waals surface area contributed by atoms with Gasteiger partial charge >= 0.3 is 5.56 Å². The predicted molar refractivity (Wildman–Crippen MR) is 55.0 cm³/mol. The molecule has 74 valence electrons. The van der Waals surface area contributed by atoms with Crippen LogP contribution in [0.3, 0.4) is 0 Å². The normalized spacial score (nSPS) is 10.8. The molecule has 2 N–H and O–H groups in total. The summed E-state index contributed by atoms with van der Waals surface area (Å²) < 4.78 is 1.69. The number of anilines is 1. The molecular formula is C6H5BrN4O2S. The second kappa shape index (κ2) is 3.30. The topological polar surface area (TPSA) is 79.5 Å². The second-order valence-electron chi connectivity index (χ2n) is 2.54. The number of aromatic nitrogens is 3. The summed E-state index contributed by atoms with van der Waals surface area (Å²) >= 11 is 4.40. The summed E-state index contributed by atoms with van der Waals surface area (Å²) in [6.07, 6.45) is 0. The lowest BCUT2D eigenvalue weighted by Gasteiger charge is -2.00. The van der Waals surface area contributed by atoms with E-state index in [-0.39, 0.29) is 5.69 Å². The van der Waals surface area contributed by atoms with Crippen LogP contribution in [0.4, 0.5) is 5.69 Å². The average Bonchev–Trinajstić information content (AvgIpc) is 2.47. The molecular weight excluding hydrogens is 272 g/mol. The van der Waals surface area contributed by atoms with E-state index < -0.39 is 5.56 Å². The summed E-state index contributed by atoms with van der Waals surface area (Å²) in [6, 6.07) is 0. The standard InChI is InChI=1S/C6H5BrN4O2S/c1-2-3(10-13)4(12)11-6(8-2)14-5(7)9-11/h10,13H,1H3. The monoisotopic (exact) mass is 276 g/mol. The Kier molecular flexibility index (Phi) is 2.25. The molecule has 0 saturated carbocycles. The van der Waals surface area contributed by atoms with Gasteiger partial charge in [0.2, 0.25) is 4.96 Å². The SMILES string of the molecule is Cc1nc2sc(Br)nn2c(=O)c1NO. The Hall–Kier alpha value is -0.990. The van der Waals surface area contributed by atoms with Gasteiger partial charge in [-0.2, -0.15) is 4.52 Å². The molecule has 2 heterocycles. The van der Waals surface area contributed by atoms with E-state index in [2.05, 4.69) is 26.0 Å². The van der Waals surface area contributed by atoms with Crippen molar-refractivity contribution >= 4 is 37.9 Å². The molecule has 0 aliphatic heterocycles. The van der Waals surface area contributed by atoms with Crippen LogP contribution in [0, 0.1) is 6.92 Å². The lowest BCUT2D eigenvalue weighted by Crippen LogP contribution is -2.20. The molecule has 0 aliphatic carbocycles. The Morgan fingerprint density at radius 3 is 3.00 bits per heavy atom. The van der Waals surface area contributed by atoms with Gasteiger partial charge in [0.15, 0.2) is 3.92 Å². The Bertz CT molecular complexity index is 548. The van der Waals surface area contributed by atoms with Crippen LogP contribution in [0.5, 0.6) is 0 Å². The number of fused-ring (bicyclic) bond motifs is 1. The van der Waals surface area contributed by atoms with Gasteiger partial charge in [-0.15, -0.1) is 5.10 Å². The van der Waals surface area contributed by atoms with Crippen LogP contribution in [0.25, 0.3) is 4.96 Å². The third kappa shape index (κ3) is 1.31. The number of aryl methyl sites for hydroxylation is 1. The van der Waals surface area contributed by atoms with Gasteiger partial charge in [-0.25, -0.2) is 4.98 Å². The number of hydrogen-bond acceptors (Lipinski definition) is 6. The number of hydrogen-bond donors (Lipinski definition) is 2. The van der Waals surface area contributed by atoms with Crippen LogP contribution < -0.4 is 11.0 Å². The molecule has 6 nitrogen and oxygen atoms in total. The highest BCUT2D eigenvalue weighted by Crippen LogP contribution is 2.18. The summed E-state index contributed by atoms with van der Waals surface area (Å²) in [6.45, 7) is 1.63. The molecule has 0 spiro atoms. The van der Waals surface area contributed by atoms with E-state index in [1.165, 1.54) is 11.3 Å². The third-order valence-corrected chi connectivity index (χ3v) is 3.02. The fourth-order valence-electron chi connectivity index (χ4n) is 1.05. The number of nitrogens with one attached hydrogen (secondary N) is 1. The van der Waals surface area contributed by atoms with Gasteiger partial charge < -0.3 is 0 Å². The van der Waals surface area contributed by atoms with Crippen molar-refractivity contribution in [3.63, 3.8) is 0 Å². The summed E-state index contributed by atoms with van der Waals surface area (Å²) in [5, 5.41) is 12.6. The van der Waals surface area contributed by atoms with Gasteiger partial charge in [-0.3, -0.25) is 15.5 Å². The molecule has 2 rings (SSSR count). The molecule has 0 aromatic carbocycles. The van der Waals surface area contributed by atoms with Crippen molar-refractivity contribution in [3.8, 4) is 0 Å². The van der Waals surface area contributed by atoms with E-state index in [9.17, 15) is 4.79 Å². The maximum atomic E-state index is 11.6. The third-order valence-electron chi connectivity index (χ3n) is 1.68. The fourth-order valence-corrected chi connectivity index (χ4v) is 2.31. The molecule has 14 heavy (non-hydrogen) atoms. The van der Waals surface area contributed by atoms with E-state index >= 15 is 0 Å². The smallest absolute Gasteiger partial charge is 0.291 e. The van der Waals surface area contributed by atoms with Gasteiger partial charge in [0.05, 0.1) is 5.69 Å². The maximum Gasteiger partial charge on any atom is 0.301 e. The Morgan fingerprint density at radius 1 is 1.64 bits per heavy atom. The molecule has 0 bridgehead atoms. The van der Waals surface area contributed by atoms with E-state index in [0.29, 0.717) is 14.6 Å². The van der Waals surface area contributed by atoms with E-state index in [1.54, 1.807) is 6.92 Å². The summed E-state index contributed by atoms with van der Waals surface area (Å²) in [4.78, 5) is 16.2. The highest BCUT2D eigenvalue weighted by atomic mass is 79.9. The number of rotatable bonds is 1. The van der Waals surface area contributed by atoms with Gasteiger partial charge in [-0.1, -0.05) is 11.3 Å². The minimum atomic E-state index is -0.419. The first kappa shape index (κ1) is 9.56. The molecule has 8 heteroatoms. The van der Waals surface area contributed by atoms with Crippen LogP contribution in [0.1, 0.15) is 5.69 Å². The first-order valence-electron chi connectivity index (χ1n) is 3.59. The number of nitrogens with zero attached hydrogens (tertiary/aromatic N) is 3. The summed E-state index contributed by atoms with van der Waals surface area (Å²) in [5.41, 5.74) is 1.88. The molecule has 0 atom stereocenters. The molecule has 0 saturated heterocycles. The van der Waals surface area contributed by atoms with Crippen molar-refractivity contribution in [2.45, 2.75) is 6.92 Å². The van der Waals surface area contributed by atoms with Crippen molar-refractivity contribution < 1.29 is 5.21 Å². The van der Waals surface area contributed by atoms with E-state index in [1.807, 2.05) is 5.48 Å². The summed E-state index contributed by atoms with van der Waals surface area (Å²) in [7, 11) is 0. The van der Waals surface area contributed by atoms with Crippen LogP contribution in [-0.4, -0.2) is 19.8 Å². The lowest BCUT2D eigenvalue weighted by atomic mass is 10.4. The zero-order valence-corrected chi connectivity index (χ0v) is 9.39. The van der Waals surface area contributed by atoms with Crippen molar-refractivity contribution in [2.75, 3.05) is 5.48 Å². The van der Waals surface area contributed by atoms with Crippen LogP contribution in [0.15, 0.2) is 8.71 Å². The van der Waals surface area contributed by atoms with Gasteiger partial charge in [0, 0.05) is 0 Å². The number of halogens is 1. The highest BCUT2D eigenvalue weighted by Gasteiger charge is 2.11. The molecule has 0 amide bonds. The Labute approximate surface area is 90.3 Å².